The highest BCUT2D eigenvalue weighted by Crippen LogP contribution is 2.32. The summed E-state index contributed by atoms with van der Waals surface area (Å²) >= 11 is 0. The number of ether oxygens (including phenoxy) is 4. The van der Waals surface area contributed by atoms with Gasteiger partial charge in [0.15, 0.2) is 5.76 Å². The third-order valence-corrected chi connectivity index (χ3v) is 7.66. The fourth-order valence-corrected chi connectivity index (χ4v) is 5.19. The lowest BCUT2D eigenvalue weighted by Gasteiger charge is -2.30. The zero-order valence-corrected chi connectivity index (χ0v) is 21.4. The minimum absolute atomic E-state index is 0.00356. The molecule has 0 radical (unpaired) electrons. The Labute approximate surface area is 211 Å². The van der Waals surface area contributed by atoms with Gasteiger partial charge in [0.05, 0.1) is 32.3 Å². The van der Waals surface area contributed by atoms with Gasteiger partial charge in [-0.3, -0.25) is 4.79 Å². The van der Waals surface area contributed by atoms with Crippen molar-refractivity contribution in [3.8, 4) is 11.5 Å². The highest BCUT2D eigenvalue weighted by atomic mass is 32.2. The molecule has 0 bridgehead atoms. The fraction of sp³-hybridized carbons (Fsp3) is 0.400. The third kappa shape index (κ3) is 6.76. The highest BCUT2D eigenvalue weighted by Gasteiger charge is 2.29. The van der Waals surface area contributed by atoms with Crippen LogP contribution < -0.4 is 14.8 Å². The van der Waals surface area contributed by atoms with Crippen LogP contribution in [0.4, 0.5) is 0 Å². The van der Waals surface area contributed by atoms with Crippen molar-refractivity contribution in [3.63, 3.8) is 0 Å². The van der Waals surface area contributed by atoms with Gasteiger partial charge in [0.1, 0.15) is 11.5 Å². The third-order valence-electron chi connectivity index (χ3n) is 5.74. The number of aliphatic hydroxyl groups is 1. The number of likely N-dealkylation sites (N-methyl/N-ethyl adjacent to an activating group) is 1. The number of carbonyl (C=O) groups excluding carboxylic acids is 1. The number of amides is 1. The van der Waals surface area contributed by atoms with E-state index in [1.165, 1.54) is 26.3 Å². The molecule has 1 amide bonds. The summed E-state index contributed by atoms with van der Waals surface area (Å²) < 4.78 is 49.2. The number of carbonyl (C=O) groups is 1. The lowest BCUT2D eigenvalue weighted by molar-refractivity contribution is -0.146. The molecule has 0 spiro atoms. The van der Waals surface area contributed by atoms with Crippen LogP contribution in [0.25, 0.3) is 0 Å². The Morgan fingerprint density at radius 3 is 2.22 bits per heavy atom. The van der Waals surface area contributed by atoms with Crippen LogP contribution in [0, 0.1) is 0 Å². The Bertz CT molecular complexity index is 1130. The smallest absolute Gasteiger partial charge is 0.285 e. The maximum Gasteiger partial charge on any atom is 0.285 e. The molecule has 0 aromatic heterocycles. The number of allylic oxidation sites excluding steroid dienone is 1. The number of rotatable bonds is 12. The summed E-state index contributed by atoms with van der Waals surface area (Å²) in [5, 5.41) is 12.0. The van der Waals surface area contributed by atoms with Gasteiger partial charge in [-0.05, 0) is 48.0 Å². The van der Waals surface area contributed by atoms with Gasteiger partial charge in [-0.2, -0.15) is 4.31 Å². The van der Waals surface area contributed by atoms with Crippen LogP contribution in [0.1, 0.15) is 17.9 Å². The fourth-order valence-electron chi connectivity index (χ4n) is 3.77. The number of nitrogens with one attached hydrogen (secondary N) is 1. The molecule has 2 atom stereocenters. The van der Waals surface area contributed by atoms with Crippen molar-refractivity contribution in [3.05, 3.63) is 65.9 Å². The number of nitrogens with zero attached hydrogens (tertiary/aromatic N) is 1. The van der Waals surface area contributed by atoms with E-state index < -0.39 is 16.3 Å². The first-order valence-electron chi connectivity index (χ1n) is 11.4. The SMILES string of the molecule is CNC(=O)C1=C[C@@H](c2ccc(OC)cc2)C[C@@H](OCCN(CCO)S(=O)(=O)c2ccc(OC)cc2)O1. The topological polar surface area (TPSA) is 124 Å². The predicted octanol–water partition coefficient (Wildman–Crippen LogP) is 1.86. The van der Waals surface area contributed by atoms with E-state index in [9.17, 15) is 18.3 Å². The molecule has 2 aromatic rings. The number of benzene rings is 2. The van der Waals surface area contributed by atoms with E-state index >= 15 is 0 Å². The molecule has 1 heterocycles. The molecule has 10 nitrogen and oxygen atoms in total. The van der Waals surface area contributed by atoms with Crippen molar-refractivity contribution in [1.29, 1.82) is 0 Å². The summed E-state index contributed by atoms with van der Waals surface area (Å²) in [7, 11) is 0.725. The standard InChI is InChI=1S/C25H32N2O8S/c1-26-25(29)23-16-19(18-4-6-20(32-2)7-5-18)17-24(35-23)34-15-13-27(12-14-28)36(30,31)22-10-8-21(33-3)9-11-22/h4-11,16,19,24,28H,12-15,17H2,1-3H3,(H,26,29)/t19-,24+/m1/s1. The van der Waals surface area contributed by atoms with Gasteiger partial charge in [0, 0.05) is 32.5 Å². The number of hydrogen-bond donors (Lipinski definition) is 2. The van der Waals surface area contributed by atoms with E-state index in [0.717, 1.165) is 15.6 Å². The predicted molar refractivity (Wildman–Crippen MR) is 132 cm³/mol. The van der Waals surface area contributed by atoms with Gasteiger partial charge < -0.3 is 29.4 Å². The van der Waals surface area contributed by atoms with E-state index in [1.807, 2.05) is 24.3 Å². The summed E-state index contributed by atoms with van der Waals surface area (Å²) in [4.78, 5) is 12.4. The van der Waals surface area contributed by atoms with Crippen LogP contribution >= 0.6 is 0 Å². The molecule has 36 heavy (non-hydrogen) atoms. The molecule has 1 aliphatic heterocycles. The summed E-state index contributed by atoms with van der Waals surface area (Å²) in [6, 6.07) is 13.5. The number of hydrogen-bond acceptors (Lipinski definition) is 8. The molecule has 0 saturated heterocycles. The first kappa shape index (κ1) is 27.5. The maximum absolute atomic E-state index is 13.1. The normalized spacial score (nSPS) is 17.8. The van der Waals surface area contributed by atoms with Gasteiger partial charge >= 0.3 is 0 Å². The molecule has 2 N–H and O–H groups in total. The number of methoxy groups -OCH3 is 2. The van der Waals surface area contributed by atoms with Gasteiger partial charge in [-0.15, -0.1) is 0 Å². The van der Waals surface area contributed by atoms with Crippen molar-refractivity contribution < 1.29 is 37.3 Å². The van der Waals surface area contributed by atoms with Crippen LogP contribution in [0.3, 0.4) is 0 Å². The highest BCUT2D eigenvalue weighted by molar-refractivity contribution is 7.89. The summed E-state index contributed by atoms with van der Waals surface area (Å²) in [6.45, 7) is -0.461. The number of aliphatic hydroxyl groups excluding tert-OH is 1. The van der Waals surface area contributed by atoms with E-state index in [0.29, 0.717) is 12.2 Å². The molecule has 0 fully saturated rings. The van der Waals surface area contributed by atoms with Gasteiger partial charge in [0.2, 0.25) is 16.3 Å². The van der Waals surface area contributed by atoms with Crippen molar-refractivity contribution in [2.45, 2.75) is 23.5 Å². The Morgan fingerprint density at radius 1 is 1.06 bits per heavy atom. The first-order valence-corrected chi connectivity index (χ1v) is 12.9. The van der Waals surface area contributed by atoms with E-state index in [2.05, 4.69) is 5.32 Å². The Morgan fingerprint density at radius 2 is 1.67 bits per heavy atom. The maximum atomic E-state index is 13.1. The van der Waals surface area contributed by atoms with Gasteiger partial charge in [-0.1, -0.05) is 12.1 Å². The second-order valence-corrected chi connectivity index (χ2v) is 9.88. The van der Waals surface area contributed by atoms with E-state index in [4.69, 9.17) is 18.9 Å². The van der Waals surface area contributed by atoms with Crippen LogP contribution in [0.15, 0.2) is 65.3 Å². The van der Waals surface area contributed by atoms with Crippen molar-refractivity contribution >= 4 is 15.9 Å². The summed E-state index contributed by atoms with van der Waals surface area (Å²) in [5.41, 5.74) is 0.957. The second-order valence-electron chi connectivity index (χ2n) is 7.95. The Hall–Kier alpha value is -3.12. The lowest BCUT2D eigenvalue weighted by atomic mass is 9.93. The average Bonchev–Trinajstić information content (AvgIpc) is 2.92. The second kappa shape index (κ2) is 12.7. The Balaban J connectivity index is 1.69. The average molecular weight is 521 g/mol. The molecular formula is C25H32N2O8S. The monoisotopic (exact) mass is 520 g/mol. The molecule has 11 heteroatoms. The quantitative estimate of drug-likeness (QED) is 0.435. The molecule has 0 aliphatic carbocycles. The molecule has 0 saturated carbocycles. The summed E-state index contributed by atoms with van der Waals surface area (Å²) in [5.74, 6) is 0.847. The van der Waals surface area contributed by atoms with E-state index in [1.54, 1.807) is 25.3 Å². The van der Waals surface area contributed by atoms with Crippen LogP contribution in [0.2, 0.25) is 0 Å². The minimum Gasteiger partial charge on any atom is -0.497 e. The molecule has 0 unspecified atom stereocenters. The molecule has 2 aromatic carbocycles. The molecular weight excluding hydrogens is 488 g/mol. The molecule has 196 valence electrons. The first-order chi connectivity index (χ1) is 17.3. The van der Waals surface area contributed by atoms with Crippen molar-refractivity contribution in [1.82, 2.24) is 9.62 Å². The lowest BCUT2D eigenvalue weighted by Crippen LogP contribution is -2.38. The van der Waals surface area contributed by atoms with Crippen molar-refractivity contribution in [2.75, 3.05) is 47.6 Å². The number of sulfonamides is 1. The van der Waals surface area contributed by atoms with Gasteiger partial charge in [-0.25, -0.2) is 8.42 Å². The Kier molecular flexibility index (Phi) is 9.71. The van der Waals surface area contributed by atoms with Crippen LogP contribution in [0.5, 0.6) is 11.5 Å². The summed E-state index contributed by atoms with van der Waals surface area (Å²) in [6.07, 6.45) is 1.40. The zero-order valence-electron chi connectivity index (χ0n) is 20.5. The molecule has 3 rings (SSSR count). The van der Waals surface area contributed by atoms with Crippen LogP contribution in [-0.4, -0.2) is 77.6 Å². The zero-order chi connectivity index (χ0) is 26.1. The minimum atomic E-state index is -3.87. The molecule has 1 aliphatic rings. The van der Waals surface area contributed by atoms with Crippen molar-refractivity contribution in [2.24, 2.45) is 0 Å². The van der Waals surface area contributed by atoms with E-state index in [-0.39, 0.29) is 48.8 Å². The van der Waals surface area contributed by atoms with Gasteiger partial charge in [0.25, 0.3) is 5.91 Å². The van der Waals surface area contributed by atoms with Crippen LogP contribution in [-0.2, 0) is 24.3 Å². The largest absolute Gasteiger partial charge is 0.497 e.